The molecular formula is C21H31FN7O2+. The second-order valence-corrected chi connectivity index (χ2v) is 8.66. The number of aromatic nitrogens is 1. The van der Waals surface area contributed by atoms with Crippen LogP contribution in [0.1, 0.15) is 26.2 Å². The van der Waals surface area contributed by atoms with Crippen molar-refractivity contribution in [3.8, 4) is 0 Å². The van der Waals surface area contributed by atoms with E-state index in [9.17, 15) is 9.18 Å². The first-order chi connectivity index (χ1) is 15.0. The molecular weight excluding hydrogens is 401 g/mol. The zero-order valence-corrected chi connectivity index (χ0v) is 18.0. The van der Waals surface area contributed by atoms with Crippen LogP contribution in [0.25, 0.3) is 0 Å². The number of carbonyl (C=O) groups excluding carboxylic acids is 1. The largest absolute Gasteiger partial charge is 0.450 e. The molecule has 1 aromatic rings. The van der Waals surface area contributed by atoms with Gasteiger partial charge in [-0.15, -0.1) is 4.98 Å². The van der Waals surface area contributed by atoms with Gasteiger partial charge in [-0.1, -0.05) is 0 Å². The molecule has 2 saturated heterocycles. The number of hydrogen-bond donors (Lipinski definition) is 2. The van der Waals surface area contributed by atoms with Crippen LogP contribution in [0.3, 0.4) is 0 Å². The number of likely N-dealkylation sites (tertiary alicyclic amines) is 1. The summed E-state index contributed by atoms with van der Waals surface area (Å²) in [5, 5.41) is 7.53. The summed E-state index contributed by atoms with van der Waals surface area (Å²) in [5.74, 6) is 0.0534. The first-order valence-corrected chi connectivity index (χ1v) is 10.9. The zero-order valence-electron chi connectivity index (χ0n) is 18.0. The lowest BCUT2D eigenvalue weighted by atomic mass is 9.78. The summed E-state index contributed by atoms with van der Waals surface area (Å²) in [5.41, 5.74) is 6.50. The van der Waals surface area contributed by atoms with Gasteiger partial charge in [0.25, 0.3) is 5.82 Å². The van der Waals surface area contributed by atoms with Gasteiger partial charge in [-0.05, 0) is 26.2 Å². The van der Waals surface area contributed by atoms with E-state index in [1.54, 1.807) is 0 Å². The van der Waals surface area contributed by atoms with Gasteiger partial charge in [0.1, 0.15) is 11.9 Å². The highest BCUT2D eigenvalue weighted by molar-refractivity contribution is 5.69. The van der Waals surface area contributed by atoms with Gasteiger partial charge in [0.2, 0.25) is 0 Å². The molecule has 0 unspecified atom stereocenters. The monoisotopic (exact) mass is 432 g/mol. The van der Waals surface area contributed by atoms with Crippen LogP contribution in [0.15, 0.2) is 12.3 Å². The molecule has 0 radical (unpaired) electrons. The molecule has 1 aromatic heterocycles. The highest BCUT2D eigenvalue weighted by Crippen LogP contribution is 2.47. The van der Waals surface area contributed by atoms with Crippen molar-refractivity contribution in [1.82, 2.24) is 14.8 Å². The summed E-state index contributed by atoms with van der Waals surface area (Å²) in [6, 6.07) is 1.98. The topological polar surface area (TPSA) is 102 Å². The maximum Gasteiger partial charge on any atom is 0.409 e. The van der Waals surface area contributed by atoms with Gasteiger partial charge in [-0.25, -0.2) is 13.8 Å². The summed E-state index contributed by atoms with van der Waals surface area (Å²) >= 11 is 0. The van der Waals surface area contributed by atoms with Gasteiger partial charge >= 0.3 is 6.09 Å². The van der Waals surface area contributed by atoms with E-state index >= 15 is 0 Å². The van der Waals surface area contributed by atoms with E-state index < -0.39 is 5.82 Å². The van der Waals surface area contributed by atoms with Gasteiger partial charge in [0.15, 0.2) is 18.5 Å². The summed E-state index contributed by atoms with van der Waals surface area (Å²) in [6.07, 6.45) is 6.67. The molecule has 9 nitrogen and oxygen atoms in total. The number of piperazine rings is 1. The minimum atomic E-state index is -0.406. The third kappa shape index (κ3) is 4.21. The molecule has 31 heavy (non-hydrogen) atoms. The molecule has 0 aromatic carbocycles. The van der Waals surface area contributed by atoms with Crippen molar-refractivity contribution >= 4 is 30.3 Å². The average molecular weight is 433 g/mol. The lowest BCUT2D eigenvalue weighted by Gasteiger charge is -2.48. The van der Waals surface area contributed by atoms with Crippen molar-refractivity contribution in [3.05, 3.63) is 18.1 Å². The molecule has 3 heterocycles. The van der Waals surface area contributed by atoms with Crippen LogP contribution in [-0.4, -0.2) is 90.0 Å². The lowest BCUT2D eigenvalue weighted by molar-refractivity contribution is -0.295. The molecule has 2 aliphatic heterocycles. The molecule has 3 aliphatic rings. The molecule has 1 amide bonds. The fourth-order valence-electron chi connectivity index (χ4n) is 5.24. The Labute approximate surface area is 181 Å². The predicted octanol–water partition coefficient (Wildman–Crippen LogP) is 1.59. The molecule has 168 valence electrons. The fourth-order valence-corrected chi connectivity index (χ4v) is 5.24. The lowest BCUT2D eigenvalue weighted by Crippen LogP contribution is -2.58. The Morgan fingerprint density at radius 1 is 1.42 bits per heavy atom. The van der Waals surface area contributed by atoms with Crippen molar-refractivity contribution in [3.63, 3.8) is 0 Å². The van der Waals surface area contributed by atoms with E-state index in [0.717, 1.165) is 71.1 Å². The van der Waals surface area contributed by atoms with Crippen molar-refractivity contribution in [2.45, 2.75) is 32.2 Å². The number of nitrogens with two attached hydrogens (primary N) is 1. The molecule has 10 heteroatoms. The first kappa shape index (κ1) is 21.5. The van der Waals surface area contributed by atoms with E-state index in [2.05, 4.69) is 14.8 Å². The molecule has 3 N–H and O–H groups in total. The highest BCUT2D eigenvalue weighted by atomic mass is 19.1. The number of carbonyl (C=O) groups is 1. The molecule has 1 saturated carbocycles. The number of amides is 1. The molecule has 1 atom stereocenters. The van der Waals surface area contributed by atoms with Gasteiger partial charge in [-0.3, -0.25) is 4.90 Å². The number of nitrogens with one attached hydrogen (secondary N) is 1. The number of pyridine rings is 1. The van der Waals surface area contributed by atoms with Gasteiger partial charge in [-0.2, -0.15) is 5.41 Å². The summed E-state index contributed by atoms with van der Waals surface area (Å²) < 4.78 is 20.4. The number of hydrogen-bond acceptors (Lipinski definition) is 6. The normalized spacial score (nSPS) is 23.7. The van der Waals surface area contributed by atoms with E-state index in [-0.39, 0.29) is 11.5 Å². The van der Waals surface area contributed by atoms with Crippen molar-refractivity contribution in [2.75, 3.05) is 50.8 Å². The SMILES string of the molecule is CCOC(=O)N1CC2(CC[C@@H](N3CCN(c4cc(F)cnc4/[N+](C=N)=C/N)CC3)C2)C1. The van der Waals surface area contributed by atoms with E-state index in [0.29, 0.717) is 24.2 Å². The van der Waals surface area contributed by atoms with Crippen LogP contribution < -0.4 is 10.6 Å². The standard InChI is InChI=1S/C21H30FN7O2/c1-2-31-20(30)28-12-21(13-28)4-3-17(10-21)26-5-7-27(8-6-26)18-9-16(22)11-25-19(18)29(14-23)15-24/h9,11,14-15,17,23-24H,2-8,10,12-13H2,1H3/p+1/t17-/m1/s1. The Morgan fingerprint density at radius 2 is 2.16 bits per heavy atom. The third-order valence-corrected chi connectivity index (χ3v) is 6.78. The molecule has 1 spiro atoms. The quantitative estimate of drug-likeness (QED) is 0.416. The Bertz CT molecular complexity index is 863. The van der Waals surface area contributed by atoms with E-state index in [4.69, 9.17) is 15.9 Å². The minimum Gasteiger partial charge on any atom is -0.450 e. The van der Waals surface area contributed by atoms with Crippen molar-refractivity contribution < 1.29 is 18.5 Å². The number of anilines is 1. The molecule has 3 fully saturated rings. The fraction of sp³-hybridized carbons (Fsp3) is 0.619. The van der Waals surface area contributed by atoms with E-state index in [1.165, 1.54) is 17.0 Å². The maximum absolute atomic E-state index is 13.9. The predicted molar refractivity (Wildman–Crippen MR) is 116 cm³/mol. The molecule has 1 aliphatic carbocycles. The van der Waals surface area contributed by atoms with Gasteiger partial charge in [0, 0.05) is 56.8 Å². The van der Waals surface area contributed by atoms with Crippen LogP contribution in [0.4, 0.5) is 20.7 Å². The second kappa shape index (κ2) is 8.78. The summed E-state index contributed by atoms with van der Waals surface area (Å²) in [6.45, 7) is 7.13. The van der Waals surface area contributed by atoms with Crippen molar-refractivity contribution in [2.24, 2.45) is 11.1 Å². The molecule has 0 bridgehead atoms. The first-order valence-electron chi connectivity index (χ1n) is 10.9. The van der Waals surface area contributed by atoms with Crippen LogP contribution in [0.5, 0.6) is 0 Å². The van der Waals surface area contributed by atoms with Crippen LogP contribution in [-0.2, 0) is 4.74 Å². The third-order valence-electron chi connectivity index (χ3n) is 6.78. The van der Waals surface area contributed by atoms with Gasteiger partial charge < -0.3 is 20.3 Å². The van der Waals surface area contributed by atoms with E-state index in [1.807, 2.05) is 11.8 Å². The number of halogens is 1. The zero-order chi connectivity index (χ0) is 22.0. The number of rotatable bonds is 5. The minimum absolute atomic E-state index is 0.196. The Hall–Kier alpha value is -2.75. The van der Waals surface area contributed by atoms with Crippen LogP contribution >= 0.6 is 0 Å². The summed E-state index contributed by atoms with van der Waals surface area (Å²) in [4.78, 5) is 22.5. The van der Waals surface area contributed by atoms with Gasteiger partial charge in [0.05, 0.1) is 6.61 Å². The average Bonchev–Trinajstić information content (AvgIpc) is 3.21. The number of nitrogens with zero attached hydrogens (tertiary/aromatic N) is 5. The Kier molecular flexibility index (Phi) is 6.08. The van der Waals surface area contributed by atoms with Crippen LogP contribution in [0.2, 0.25) is 0 Å². The van der Waals surface area contributed by atoms with Crippen LogP contribution in [0, 0.1) is 16.6 Å². The Morgan fingerprint density at radius 3 is 2.81 bits per heavy atom. The maximum atomic E-state index is 13.9. The number of ether oxygens (including phenoxy) is 1. The summed E-state index contributed by atoms with van der Waals surface area (Å²) in [7, 11) is 0. The Balaban J connectivity index is 1.35. The van der Waals surface area contributed by atoms with Crippen molar-refractivity contribution in [1.29, 1.82) is 5.41 Å². The second-order valence-electron chi connectivity index (χ2n) is 8.66. The molecule has 4 rings (SSSR count). The smallest absolute Gasteiger partial charge is 0.409 e. The highest BCUT2D eigenvalue weighted by Gasteiger charge is 2.51.